The summed E-state index contributed by atoms with van der Waals surface area (Å²) in [6.45, 7) is 3.76. The Kier molecular flexibility index (Phi) is 62.9. The maximum atomic E-state index is 14.5. The van der Waals surface area contributed by atoms with E-state index >= 15 is 0 Å². The number of nitrogens with two attached hydrogens (primary N) is 8. The highest BCUT2D eigenvalue weighted by Crippen LogP contribution is 2.21. The number of aromatic nitrogens is 2. The second-order valence-electron chi connectivity index (χ2n) is 24.2. The van der Waals surface area contributed by atoms with Crippen molar-refractivity contribution in [2.24, 2.45) is 55.9 Å². The second kappa shape index (κ2) is 63.3. The van der Waals surface area contributed by atoms with Gasteiger partial charge in [0.2, 0.25) is 35.4 Å². The Hall–Kier alpha value is -9.25. The van der Waals surface area contributed by atoms with Crippen molar-refractivity contribution in [1.29, 1.82) is 0 Å². The van der Waals surface area contributed by atoms with Gasteiger partial charge in [-0.3, -0.25) is 38.8 Å². The van der Waals surface area contributed by atoms with Gasteiger partial charge in [-0.15, -0.1) is 0 Å². The number of rotatable bonds is 50. The molecular weight excluding hydrogens is 1550 g/mol. The van der Waals surface area contributed by atoms with Gasteiger partial charge in [0.05, 0.1) is 6.33 Å². The lowest BCUT2D eigenvalue weighted by Crippen LogP contribution is -2.56. The van der Waals surface area contributed by atoms with Crippen LogP contribution in [-0.4, -0.2) is 242 Å². The molecule has 0 bridgehead atoms. The molecule has 48 heteroatoms. The highest BCUT2D eigenvalue weighted by molar-refractivity contribution is 5.90. The number of guanidine groups is 2. The number of hydrogen-bond acceptors (Lipinski definition) is 17. The van der Waals surface area contributed by atoms with E-state index in [0.717, 1.165) is 19.3 Å². The molecule has 0 aliphatic heterocycles. The number of carbonyl (C=O) groups excluding carboxylic acids is 6. The summed E-state index contributed by atoms with van der Waals surface area (Å²) in [7, 11) is 0. The number of aliphatic carboxylic acids is 5. The Balaban J connectivity index is -0.000000887. The van der Waals surface area contributed by atoms with E-state index in [1.165, 1.54) is 86.8 Å². The molecule has 3 atom stereocenters. The van der Waals surface area contributed by atoms with Crippen LogP contribution in [0.2, 0.25) is 0 Å². The van der Waals surface area contributed by atoms with Crippen LogP contribution >= 0.6 is 0 Å². The average molecular weight is 1660 g/mol. The largest absolute Gasteiger partial charge is 0.490 e. The summed E-state index contributed by atoms with van der Waals surface area (Å²) < 4.78 is 159. The van der Waals surface area contributed by atoms with Gasteiger partial charge in [0, 0.05) is 89.9 Å². The first kappa shape index (κ1) is 111. The van der Waals surface area contributed by atoms with Crippen LogP contribution in [0.4, 0.5) is 65.9 Å². The molecule has 33 nitrogen and oxygen atoms in total. The summed E-state index contributed by atoms with van der Waals surface area (Å²) in [5, 5.41) is 41.5. The van der Waals surface area contributed by atoms with Crippen LogP contribution in [0.3, 0.4) is 0 Å². The molecule has 1 heterocycles. The van der Waals surface area contributed by atoms with Crippen molar-refractivity contribution in [1.82, 2.24) is 35.3 Å². The average Bonchev–Trinajstić information content (AvgIpc) is 1.26. The third-order valence-electron chi connectivity index (χ3n) is 14.9. The van der Waals surface area contributed by atoms with Gasteiger partial charge < -0.3 is 102 Å². The summed E-state index contributed by atoms with van der Waals surface area (Å²) in [5.74, 6) is -16.4. The molecule has 1 aromatic rings. The number of nitrogens with zero attached hydrogens (tertiary/aromatic N) is 6. The molecule has 0 saturated heterocycles. The van der Waals surface area contributed by atoms with Crippen molar-refractivity contribution in [3.63, 3.8) is 0 Å². The highest BCUT2D eigenvalue weighted by atomic mass is 19.4. The third kappa shape index (κ3) is 63.4. The van der Waals surface area contributed by atoms with Gasteiger partial charge in [-0.2, -0.15) is 65.9 Å². The Labute approximate surface area is 636 Å². The number of carboxylic acid groups (broad SMARTS) is 5. The minimum absolute atomic E-state index is 0.0429. The molecule has 0 saturated carbocycles. The molecular formula is C64H110F15N17O16. The number of H-pyrrole nitrogens is 1. The van der Waals surface area contributed by atoms with Gasteiger partial charge in [0.25, 0.3) is 0 Å². The maximum Gasteiger partial charge on any atom is 0.490 e. The van der Waals surface area contributed by atoms with Gasteiger partial charge in [-0.25, -0.2) is 29.0 Å². The number of carboxylic acids is 5. The zero-order chi connectivity index (χ0) is 87.3. The number of aromatic amines is 1. The number of imidazole rings is 1. The molecule has 24 N–H and O–H groups in total. The number of halogens is 15. The van der Waals surface area contributed by atoms with E-state index in [9.17, 15) is 94.6 Å². The Bertz CT molecular complexity index is 2730. The number of nitrogens with one attached hydrogen (secondary N) is 3. The maximum absolute atomic E-state index is 14.5. The first-order valence-electron chi connectivity index (χ1n) is 35.4. The summed E-state index contributed by atoms with van der Waals surface area (Å²) in [6, 6.07) is -2.93. The minimum Gasteiger partial charge on any atom is -0.475 e. The molecule has 652 valence electrons. The van der Waals surface area contributed by atoms with Crippen LogP contribution in [0.25, 0.3) is 0 Å². The molecule has 0 aliphatic rings. The lowest BCUT2D eigenvalue weighted by molar-refractivity contribution is -0.193. The quantitative estimate of drug-likeness (QED) is 0.0159. The standard InChI is InChI=1S/C54H105N17O6.5C2HF3O2/c1-2-3-4-5-6-7-8-9-10-11-12-13-14-15-17-27-47(72)69(37-32-57)45(26-24-34-67-54(61)62)51(76)64-36-39-71(49(74)28-18-16-21-30-55)46(40-43-41-63-42-68-43)52(77)65-35-38-70(44(50(58)75)25-19-22-31-56)48(73)29-20-23-33-66-53(59)60;5*3-2(4,5)1(6)7/h41-42,44-46H,2-40,55-57H2,1H3,(H2,58,75)(H,63,68)(H,64,76)(H,65,77)(H4,59,60,66)(H4,61,62,67);5*(H,6,7)/t44-,45-,46-;;;;;/m0...../s1. The fraction of sp³-hybridized carbons (Fsp3) is 0.750. The van der Waals surface area contributed by atoms with Crippen molar-refractivity contribution in [2.75, 3.05) is 65.4 Å². The van der Waals surface area contributed by atoms with E-state index < -0.39 is 96.6 Å². The van der Waals surface area contributed by atoms with E-state index in [-0.39, 0.29) is 114 Å². The van der Waals surface area contributed by atoms with Crippen molar-refractivity contribution >= 4 is 77.2 Å². The predicted molar refractivity (Wildman–Crippen MR) is 376 cm³/mol. The number of primary amides is 1. The van der Waals surface area contributed by atoms with E-state index in [0.29, 0.717) is 83.1 Å². The van der Waals surface area contributed by atoms with Crippen LogP contribution in [-0.2, 0) is 59.2 Å². The number of carbonyl (C=O) groups is 11. The normalized spacial score (nSPS) is 12.0. The van der Waals surface area contributed by atoms with Crippen molar-refractivity contribution < 1.29 is 144 Å². The fourth-order valence-electron chi connectivity index (χ4n) is 9.41. The van der Waals surface area contributed by atoms with Crippen LogP contribution in [0.15, 0.2) is 22.5 Å². The number of alkyl halides is 15. The molecule has 0 aliphatic carbocycles. The van der Waals surface area contributed by atoms with Gasteiger partial charge in [0.1, 0.15) is 18.1 Å². The van der Waals surface area contributed by atoms with Crippen molar-refractivity contribution in [3.8, 4) is 0 Å². The van der Waals surface area contributed by atoms with Gasteiger partial charge >= 0.3 is 60.7 Å². The lowest BCUT2D eigenvalue weighted by atomic mass is 10.0. The van der Waals surface area contributed by atoms with E-state index in [2.05, 4.69) is 37.5 Å². The molecule has 1 aromatic heterocycles. The SMILES string of the molecule is CCCCCCCCCCCCCCCCCC(=O)N(CCN)[C@@H](CCCN=C(N)N)C(=O)NCCN(C(=O)CCCCCN)[C@@H](Cc1cnc[nH]1)C(=O)NCCN(C(=O)CCCCN=C(N)N)[C@@H](CCCCN)C(N)=O.O=C(O)C(F)(F)F.O=C(O)C(F)(F)F.O=C(O)C(F)(F)F.O=C(O)C(F)(F)F.O=C(O)C(F)(F)F. The van der Waals surface area contributed by atoms with Crippen LogP contribution < -0.4 is 56.5 Å². The number of aliphatic imine (C=N–C) groups is 2. The topological polar surface area (TPSA) is 584 Å². The first-order chi connectivity index (χ1) is 51.9. The summed E-state index contributed by atoms with van der Waals surface area (Å²) in [4.78, 5) is 148. The fourth-order valence-corrected chi connectivity index (χ4v) is 9.41. The molecule has 6 amide bonds. The third-order valence-corrected chi connectivity index (χ3v) is 14.9. The van der Waals surface area contributed by atoms with E-state index in [4.69, 9.17) is 95.4 Å². The smallest absolute Gasteiger partial charge is 0.475 e. The number of amides is 6. The van der Waals surface area contributed by atoms with Crippen molar-refractivity contribution in [3.05, 3.63) is 18.2 Å². The van der Waals surface area contributed by atoms with Crippen LogP contribution in [0.1, 0.15) is 192 Å². The van der Waals surface area contributed by atoms with Gasteiger partial charge in [-0.1, -0.05) is 103 Å². The van der Waals surface area contributed by atoms with E-state index in [1.54, 1.807) is 11.1 Å². The molecule has 112 heavy (non-hydrogen) atoms. The summed E-state index contributed by atoms with van der Waals surface area (Å²) >= 11 is 0. The summed E-state index contributed by atoms with van der Waals surface area (Å²) in [6.07, 6.45) is 1.24. The minimum atomic E-state index is -5.08. The highest BCUT2D eigenvalue weighted by Gasteiger charge is 2.41. The molecule has 0 radical (unpaired) electrons. The zero-order valence-electron chi connectivity index (χ0n) is 62.2. The Morgan fingerprint density at radius 2 is 0.705 bits per heavy atom. The van der Waals surface area contributed by atoms with Crippen LogP contribution in [0, 0.1) is 0 Å². The Morgan fingerprint density at radius 3 is 1.02 bits per heavy atom. The lowest BCUT2D eigenvalue weighted by Gasteiger charge is -2.33. The van der Waals surface area contributed by atoms with Crippen LogP contribution in [0.5, 0.6) is 0 Å². The molecule has 0 unspecified atom stereocenters. The number of hydrogen-bond donors (Lipinski definition) is 16. The molecule has 1 rings (SSSR count). The first-order valence-corrected chi connectivity index (χ1v) is 35.4. The Morgan fingerprint density at radius 1 is 0.411 bits per heavy atom. The summed E-state index contributed by atoms with van der Waals surface area (Å²) in [5.41, 5.74) is 46.1. The van der Waals surface area contributed by atoms with E-state index in [1.807, 2.05) is 0 Å². The number of unbranched alkanes of at least 4 members (excludes halogenated alkanes) is 18. The second-order valence-corrected chi connectivity index (χ2v) is 24.2. The van der Waals surface area contributed by atoms with Gasteiger partial charge in [-0.05, 0) is 77.3 Å². The predicted octanol–water partition coefficient (Wildman–Crippen LogP) is 5.79. The monoisotopic (exact) mass is 1660 g/mol. The van der Waals surface area contributed by atoms with Gasteiger partial charge in [0.15, 0.2) is 11.9 Å². The molecule has 0 aromatic carbocycles. The zero-order valence-corrected chi connectivity index (χ0v) is 62.2. The molecule has 0 fully saturated rings. The van der Waals surface area contributed by atoms with Crippen molar-refractivity contribution in [2.45, 2.75) is 242 Å². The molecule has 0 spiro atoms.